The van der Waals surface area contributed by atoms with Gasteiger partial charge in [-0.1, -0.05) is 19.3 Å². The molecule has 2 atom stereocenters. The molecule has 0 aromatic heterocycles. The van der Waals surface area contributed by atoms with Gasteiger partial charge in [-0.2, -0.15) is 0 Å². The summed E-state index contributed by atoms with van der Waals surface area (Å²) >= 11 is 0. The number of halogens is 3. The number of nitrogens with one attached hydrogen (secondary N) is 3. The van der Waals surface area contributed by atoms with Crippen molar-refractivity contribution >= 4 is 23.7 Å². The number of benzene rings is 1. The average Bonchev–Trinajstić information content (AvgIpc) is 2.73. The highest BCUT2D eigenvalue weighted by atomic mass is 19.4. The lowest BCUT2D eigenvalue weighted by molar-refractivity contribution is -0.525. The van der Waals surface area contributed by atoms with E-state index < -0.39 is 52.9 Å². The first-order valence-electron chi connectivity index (χ1n) is 10.6. The summed E-state index contributed by atoms with van der Waals surface area (Å²) in [7, 11) is 0. The Morgan fingerprint density at radius 2 is 1.72 bits per heavy atom. The standard InChI is InChI=1S/C20H28F3N7O6/c1-11(2)10-15(16(24)31)28-18(33)14(4-3-9-26-19(25)29-30(34)35)27-17(32)12-5-7-13(8-6-12)36-20(21,22)23/h5-8,11,14-15H,3-4,9-10H2,1-2H3,(H2,24,31)(H,27,32)(H,28,33)(H3,25,26,29)/t14-,15-/m0/s1. The molecule has 0 aliphatic heterocycles. The van der Waals surface area contributed by atoms with Gasteiger partial charge < -0.3 is 26.8 Å². The van der Waals surface area contributed by atoms with Gasteiger partial charge in [-0.3, -0.25) is 14.4 Å². The molecule has 36 heavy (non-hydrogen) atoms. The van der Waals surface area contributed by atoms with Crippen LogP contribution < -0.4 is 32.3 Å². The second-order valence-corrected chi connectivity index (χ2v) is 7.97. The van der Waals surface area contributed by atoms with Crippen LogP contribution in [0.5, 0.6) is 5.75 Å². The van der Waals surface area contributed by atoms with E-state index in [1.165, 1.54) is 0 Å². The molecule has 0 spiro atoms. The van der Waals surface area contributed by atoms with Gasteiger partial charge in [-0.25, -0.2) is 15.1 Å². The molecule has 0 saturated carbocycles. The van der Waals surface area contributed by atoms with Crippen LogP contribution >= 0.6 is 0 Å². The first-order valence-corrected chi connectivity index (χ1v) is 10.6. The van der Waals surface area contributed by atoms with Gasteiger partial charge in [-0.15, -0.1) is 13.2 Å². The number of carbonyl (C=O) groups excluding carboxylic acids is 3. The van der Waals surface area contributed by atoms with E-state index >= 15 is 0 Å². The van der Waals surface area contributed by atoms with Crippen molar-refractivity contribution in [2.75, 3.05) is 6.54 Å². The Kier molecular flexibility index (Phi) is 11.4. The van der Waals surface area contributed by atoms with Crippen LogP contribution in [0.2, 0.25) is 0 Å². The summed E-state index contributed by atoms with van der Waals surface area (Å²) in [4.78, 5) is 51.3. The van der Waals surface area contributed by atoms with E-state index in [9.17, 15) is 37.7 Å². The maximum absolute atomic E-state index is 12.8. The van der Waals surface area contributed by atoms with Crippen molar-refractivity contribution in [1.29, 1.82) is 0 Å². The van der Waals surface area contributed by atoms with Crippen molar-refractivity contribution in [2.24, 2.45) is 22.4 Å². The highest BCUT2D eigenvalue weighted by Crippen LogP contribution is 2.22. The number of carbonyl (C=O) groups is 3. The fourth-order valence-electron chi connectivity index (χ4n) is 2.93. The molecule has 0 aliphatic rings. The number of hydrazine groups is 1. The number of guanidine groups is 1. The zero-order valence-corrected chi connectivity index (χ0v) is 19.5. The van der Waals surface area contributed by atoms with Gasteiger partial charge in [-0.05, 0) is 49.4 Å². The van der Waals surface area contributed by atoms with E-state index in [4.69, 9.17) is 11.5 Å². The zero-order chi connectivity index (χ0) is 27.5. The normalized spacial score (nSPS) is 13.4. The number of rotatable bonds is 13. The summed E-state index contributed by atoms with van der Waals surface area (Å²) in [6, 6.07) is 1.81. The summed E-state index contributed by atoms with van der Waals surface area (Å²) in [6.45, 7) is 3.59. The number of hydrogen-bond donors (Lipinski definition) is 5. The number of amides is 3. The van der Waals surface area contributed by atoms with E-state index in [1.807, 2.05) is 13.8 Å². The molecule has 7 N–H and O–H groups in total. The molecule has 0 unspecified atom stereocenters. The first-order chi connectivity index (χ1) is 16.7. The van der Waals surface area contributed by atoms with Gasteiger partial charge >= 0.3 is 6.36 Å². The molecule has 0 bridgehead atoms. The minimum absolute atomic E-state index is 0.0136. The minimum Gasteiger partial charge on any atom is -0.406 e. The Bertz CT molecular complexity index is 954. The number of ether oxygens (including phenoxy) is 1. The number of nitrogens with zero attached hydrogens (tertiary/aromatic N) is 2. The second-order valence-electron chi connectivity index (χ2n) is 7.97. The summed E-state index contributed by atoms with van der Waals surface area (Å²) in [5, 5.41) is 14.4. The van der Waals surface area contributed by atoms with Crippen LogP contribution in [0.3, 0.4) is 0 Å². The molecule has 16 heteroatoms. The Hall–Kier alpha value is -4.11. The second kappa shape index (κ2) is 13.7. The third-order valence-corrected chi connectivity index (χ3v) is 4.48. The van der Waals surface area contributed by atoms with E-state index in [-0.39, 0.29) is 37.3 Å². The maximum Gasteiger partial charge on any atom is 0.573 e. The molecule has 13 nitrogen and oxygen atoms in total. The molecule has 0 heterocycles. The molecule has 0 aliphatic carbocycles. The Morgan fingerprint density at radius 1 is 1.11 bits per heavy atom. The number of nitro groups is 1. The Balaban J connectivity index is 2.96. The summed E-state index contributed by atoms with van der Waals surface area (Å²) in [5.74, 6) is -3.27. The molecule has 3 amide bonds. The fourth-order valence-corrected chi connectivity index (χ4v) is 2.93. The topological polar surface area (TPSA) is 204 Å². The monoisotopic (exact) mass is 519 g/mol. The Labute approximate surface area is 203 Å². The quantitative estimate of drug-likeness (QED) is 0.0817. The molecule has 0 fully saturated rings. The van der Waals surface area contributed by atoms with Crippen LogP contribution in [-0.4, -0.2) is 53.7 Å². The SMILES string of the molecule is CC(C)C[C@H](NC(=O)[C@H](CCCN=C(N)N[N+](=O)[O-])NC(=O)c1ccc(OC(F)(F)F)cc1)C(N)=O. The van der Waals surface area contributed by atoms with Gasteiger partial charge in [0.05, 0.1) is 0 Å². The third kappa shape index (κ3) is 11.8. The van der Waals surface area contributed by atoms with Crippen molar-refractivity contribution in [3.8, 4) is 5.75 Å². The first kappa shape index (κ1) is 29.9. The lowest BCUT2D eigenvalue weighted by atomic mass is 10.0. The van der Waals surface area contributed by atoms with Gasteiger partial charge in [0.15, 0.2) is 5.03 Å². The lowest BCUT2D eigenvalue weighted by Gasteiger charge is -2.23. The van der Waals surface area contributed by atoms with Crippen LogP contribution in [0.4, 0.5) is 13.2 Å². The lowest BCUT2D eigenvalue weighted by Crippen LogP contribution is -2.53. The van der Waals surface area contributed by atoms with Crippen LogP contribution in [-0.2, 0) is 9.59 Å². The number of alkyl halides is 3. The van der Waals surface area contributed by atoms with E-state index in [0.717, 1.165) is 24.3 Å². The fraction of sp³-hybridized carbons (Fsp3) is 0.500. The smallest absolute Gasteiger partial charge is 0.406 e. The summed E-state index contributed by atoms with van der Waals surface area (Å²) in [5.41, 5.74) is 12.3. The van der Waals surface area contributed by atoms with Gasteiger partial charge in [0.1, 0.15) is 17.8 Å². The Morgan fingerprint density at radius 3 is 2.22 bits per heavy atom. The van der Waals surface area contributed by atoms with Crippen molar-refractivity contribution in [1.82, 2.24) is 16.1 Å². The van der Waals surface area contributed by atoms with Gasteiger partial charge in [0.2, 0.25) is 11.8 Å². The summed E-state index contributed by atoms with van der Waals surface area (Å²) in [6.07, 6.45) is -4.53. The predicted molar refractivity (Wildman–Crippen MR) is 121 cm³/mol. The molecule has 0 radical (unpaired) electrons. The number of primary amides is 1. The number of nitrogens with two attached hydrogens (primary N) is 2. The summed E-state index contributed by atoms with van der Waals surface area (Å²) < 4.78 is 40.7. The third-order valence-electron chi connectivity index (χ3n) is 4.48. The molecular weight excluding hydrogens is 491 g/mol. The van der Waals surface area contributed by atoms with Crippen LogP contribution in [0, 0.1) is 16.0 Å². The molecule has 200 valence electrons. The van der Waals surface area contributed by atoms with Gasteiger partial charge in [0, 0.05) is 12.1 Å². The molecular formula is C20H28F3N7O6. The van der Waals surface area contributed by atoms with Gasteiger partial charge in [0.25, 0.3) is 11.9 Å². The van der Waals surface area contributed by atoms with Crippen molar-refractivity contribution < 1.29 is 37.3 Å². The van der Waals surface area contributed by atoms with Crippen LogP contribution in [0.1, 0.15) is 43.5 Å². The number of hydrogen-bond acceptors (Lipinski definition) is 7. The molecule has 1 aromatic carbocycles. The van der Waals surface area contributed by atoms with Crippen LogP contribution in [0.15, 0.2) is 29.3 Å². The van der Waals surface area contributed by atoms with E-state index in [2.05, 4.69) is 20.4 Å². The predicted octanol–water partition coefficient (Wildman–Crippen LogP) is 0.576. The molecule has 1 rings (SSSR count). The highest BCUT2D eigenvalue weighted by Gasteiger charge is 2.31. The largest absolute Gasteiger partial charge is 0.573 e. The average molecular weight is 519 g/mol. The maximum atomic E-state index is 12.8. The van der Waals surface area contributed by atoms with Crippen molar-refractivity contribution in [3.63, 3.8) is 0 Å². The van der Waals surface area contributed by atoms with E-state index in [1.54, 1.807) is 5.43 Å². The molecule has 1 aromatic rings. The van der Waals surface area contributed by atoms with Crippen LogP contribution in [0.25, 0.3) is 0 Å². The zero-order valence-electron chi connectivity index (χ0n) is 19.5. The minimum atomic E-state index is -4.90. The van der Waals surface area contributed by atoms with Crippen molar-refractivity contribution in [2.45, 2.75) is 51.6 Å². The number of aliphatic imine (C=N–C) groups is 1. The van der Waals surface area contributed by atoms with Crippen molar-refractivity contribution in [3.05, 3.63) is 39.9 Å². The molecule has 0 saturated heterocycles. The van der Waals surface area contributed by atoms with E-state index in [0.29, 0.717) is 0 Å². The highest BCUT2D eigenvalue weighted by molar-refractivity contribution is 5.98.